The van der Waals surface area contributed by atoms with Crippen molar-refractivity contribution in [3.63, 3.8) is 0 Å². The van der Waals surface area contributed by atoms with Gasteiger partial charge in [-0.05, 0) is 31.0 Å². The van der Waals surface area contributed by atoms with E-state index in [1.807, 2.05) is 34.1 Å². The molecular formula is C18H21N5O. The van der Waals surface area contributed by atoms with Crippen LogP contribution in [0.4, 0.5) is 16.4 Å². The summed E-state index contributed by atoms with van der Waals surface area (Å²) in [7, 11) is 0. The second kappa shape index (κ2) is 6.11. The van der Waals surface area contributed by atoms with Crippen LogP contribution in [0, 0.1) is 0 Å². The largest absolute Gasteiger partial charge is 0.337 e. The van der Waals surface area contributed by atoms with Crippen LogP contribution in [-0.4, -0.2) is 53.1 Å². The molecule has 0 N–H and O–H groups in total. The van der Waals surface area contributed by atoms with Crippen LogP contribution in [-0.2, 0) is 6.42 Å². The summed E-state index contributed by atoms with van der Waals surface area (Å²) in [6.45, 7) is 5.04. The van der Waals surface area contributed by atoms with Gasteiger partial charge in [0.25, 0.3) is 0 Å². The average molecular weight is 323 g/mol. The topological polar surface area (TPSA) is 52.6 Å². The van der Waals surface area contributed by atoms with Crippen LogP contribution in [0.5, 0.6) is 0 Å². The van der Waals surface area contributed by atoms with E-state index < -0.39 is 0 Å². The highest BCUT2D eigenvalue weighted by Crippen LogP contribution is 2.32. The van der Waals surface area contributed by atoms with Crippen LogP contribution >= 0.6 is 0 Å². The minimum Gasteiger partial charge on any atom is -0.337 e. The maximum atomic E-state index is 13.0. The molecule has 6 nitrogen and oxygen atoms in total. The van der Waals surface area contributed by atoms with Gasteiger partial charge in [-0.3, -0.25) is 4.90 Å². The van der Waals surface area contributed by atoms with Gasteiger partial charge < -0.3 is 9.80 Å². The van der Waals surface area contributed by atoms with Gasteiger partial charge in [0.1, 0.15) is 0 Å². The number of urea groups is 1. The molecule has 0 aliphatic carbocycles. The van der Waals surface area contributed by atoms with E-state index in [4.69, 9.17) is 0 Å². The normalized spacial score (nSPS) is 20.2. The Kier molecular flexibility index (Phi) is 3.80. The van der Waals surface area contributed by atoms with Crippen LogP contribution in [0.2, 0.25) is 0 Å². The molecule has 0 spiro atoms. The summed E-state index contributed by atoms with van der Waals surface area (Å²) in [5, 5.41) is 0. The summed E-state index contributed by atoms with van der Waals surface area (Å²) in [5.41, 5.74) is 2.32. The first kappa shape index (κ1) is 14.9. The van der Waals surface area contributed by atoms with Gasteiger partial charge in [0, 0.05) is 50.3 Å². The Morgan fingerprint density at radius 2 is 1.75 bits per heavy atom. The Morgan fingerprint density at radius 3 is 2.50 bits per heavy atom. The highest BCUT2D eigenvalue weighted by molar-refractivity contribution is 5.95. The minimum atomic E-state index is 0.112. The fourth-order valence-electron chi connectivity index (χ4n) is 3.56. The molecule has 0 radical (unpaired) electrons. The van der Waals surface area contributed by atoms with E-state index in [1.165, 1.54) is 5.56 Å². The molecule has 24 heavy (non-hydrogen) atoms. The number of carbonyl (C=O) groups excluding carboxylic acids is 1. The Labute approximate surface area is 141 Å². The van der Waals surface area contributed by atoms with Gasteiger partial charge in [-0.2, -0.15) is 0 Å². The number of anilines is 2. The monoisotopic (exact) mass is 323 g/mol. The Bertz CT molecular complexity index is 727. The van der Waals surface area contributed by atoms with Crippen molar-refractivity contribution < 1.29 is 4.79 Å². The Balaban J connectivity index is 1.45. The zero-order valence-electron chi connectivity index (χ0n) is 13.8. The summed E-state index contributed by atoms with van der Waals surface area (Å²) in [6.07, 6.45) is 4.44. The molecule has 0 bridgehead atoms. The fourth-order valence-corrected chi connectivity index (χ4v) is 3.56. The first-order chi connectivity index (χ1) is 11.7. The quantitative estimate of drug-likeness (QED) is 0.807. The average Bonchev–Trinajstić information content (AvgIpc) is 2.98. The van der Waals surface area contributed by atoms with Gasteiger partial charge in [-0.1, -0.05) is 18.2 Å². The highest BCUT2D eigenvalue weighted by atomic mass is 16.2. The number of rotatable bonds is 1. The number of nitrogens with zero attached hydrogens (tertiary/aromatic N) is 5. The molecule has 2 amide bonds. The number of piperazine rings is 1. The van der Waals surface area contributed by atoms with Crippen LogP contribution in [0.3, 0.4) is 0 Å². The minimum absolute atomic E-state index is 0.112. The molecule has 1 unspecified atom stereocenters. The van der Waals surface area contributed by atoms with Crippen molar-refractivity contribution >= 4 is 17.7 Å². The van der Waals surface area contributed by atoms with Gasteiger partial charge in [-0.15, -0.1) is 0 Å². The van der Waals surface area contributed by atoms with Gasteiger partial charge in [0.05, 0.1) is 0 Å². The predicted molar refractivity (Wildman–Crippen MR) is 93.3 cm³/mol. The fraction of sp³-hybridized carbons (Fsp3) is 0.389. The molecule has 3 heterocycles. The molecule has 1 atom stereocenters. The third kappa shape index (κ3) is 2.58. The SMILES string of the molecule is CC1Cc2ccccc2N1C(=O)N1CCN(c2ncccn2)CC1. The molecule has 4 rings (SSSR count). The molecule has 6 heteroatoms. The summed E-state index contributed by atoms with van der Waals surface area (Å²) in [5.74, 6) is 0.740. The molecule has 2 aromatic rings. The predicted octanol–water partition coefficient (Wildman–Crippen LogP) is 2.17. The van der Waals surface area contributed by atoms with Gasteiger partial charge in [-0.25, -0.2) is 14.8 Å². The van der Waals surface area contributed by atoms with E-state index in [0.29, 0.717) is 13.1 Å². The van der Waals surface area contributed by atoms with E-state index >= 15 is 0 Å². The number of benzene rings is 1. The number of amides is 2. The first-order valence-electron chi connectivity index (χ1n) is 8.42. The molecule has 1 aromatic heterocycles. The lowest BCUT2D eigenvalue weighted by molar-refractivity contribution is 0.199. The van der Waals surface area contributed by atoms with E-state index in [1.54, 1.807) is 12.4 Å². The number of aromatic nitrogens is 2. The molecule has 124 valence electrons. The van der Waals surface area contributed by atoms with Crippen molar-refractivity contribution in [2.45, 2.75) is 19.4 Å². The van der Waals surface area contributed by atoms with Crippen molar-refractivity contribution in [3.8, 4) is 0 Å². The van der Waals surface area contributed by atoms with Crippen molar-refractivity contribution in [3.05, 3.63) is 48.3 Å². The third-order valence-corrected chi connectivity index (χ3v) is 4.80. The van der Waals surface area contributed by atoms with Gasteiger partial charge in [0.2, 0.25) is 5.95 Å². The molecule has 2 aliphatic heterocycles. The van der Waals surface area contributed by atoms with Crippen LogP contribution in [0.25, 0.3) is 0 Å². The molecule has 0 saturated carbocycles. The maximum absolute atomic E-state index is 13.0. The number of carbonyl (C=O) groups is 1. The number of para-hydroxylation sites is 1. The van der Waals surface area contributed by atoms with E-state index in [9.17, 15) is 4.79 Å². The molecule has 1 aromatic carbocycles. The third-order valence-electron chi connectivity index (χ3n) is 4.80. The van der Waals surface area contributed by atoms with E-state index in [-0.39, 0.29) is 12.1 Å². The summed E-state index contributed by atoms with van der Waals surface area (Å²) in [6, 6.07) is 10.3. The lowest BCUT2D eigenvalue weighted by Crippen LogP contribution is -2.54. The second-order valence-electron chi connectivity index (χ2n) is 6.36. The number of hydrogen-bond donors (Lipinski definition) is 0. The summed E-state index contributed by atoms with van der Waals surface area (Å²) >= 11 is 0. The highest BCUT2D eigenvalue weighted by Gasteiger charge is 2.34. The van der Waals surface area contributed by atoms with Crippen molar-refractivity contribution in [1.29, 1.82) is 0 Å². The van der Waals surface area contributed by atoms with E-state index in [0.717, 1.165) is 31.1 Å². The molecule has 1 fully saturated rings. The summed E-state index contributed by atoms with van der Waals surface area (Å²) < 4.78 is 0. The van der Waals surface area contributed by atoms with E-state index in [2.05, 4.69) is 27.9 Å². The van der Waals surface area contributed by atoms with Crippen LogP contribution in [0.15, 0.2) is 42.7 Å². The Hall–Kier alpha value is -2.63. The van der Waals surface area contributed by atoms with Crippen molar-refractivity contribution in [2.24, 2.45) is 0 Å². The lowest BCUT2D eigenvalue weighted by Gasteiger charge is -2.37. The lowest BCUT2D eigenvalue weighted by atomic mass is 10.1. The summed E-state index contributed by atoms with van der Waals surface area (Å²) in [4.78, 5) is 27.6. The molecular weight excluding hydrogens is 302 g/mol. The zero-order chi connectivity index (χ0) is 16.5. The first-order valence-corrected chi connectivity index (χ1v) is 8.42. The van der Waals surface area contributed by atoms with Crippen molar-refractivity contribution in [1.82, 2.24) is 14.9 Å². The zero-order valence-corrected chi connectivity index (χ0v) is 13.8. The number of hydrogen-bond acceptors (Lipinski definition) is 4. The van der Waals surface area contributed by atoms with Crippen molar-refractivity contribution in [2.75, 3.05) is 36.0 Å². The number of fused-ring (bicyclic) bond motifs is 1. The van der Waals surface area contributed by atoms with Crippen LogP contribution in [0.1, 0.15) is 12.5 Å². The smallest absolute Gasteiger partial charge is 0.324 e. The van der Waals surface area contributed by atoms with Gasteiger partial charge >= 0.3 is 6.03 Å². The molecule has 2 aliphatic rings. The molecule has 1 saturated heterocycles. The van der Waals surface area contributed by atoms with Crippen LogP contribution < -0.4 is 9.80 Å². The van der Waals surface area contributed by atoms with Gasteiger partial charge in [0.15, 0.2) is 0 Å². The Morgan fingerprint density at radius 1 is 1.04 bits per heavy atom. The standard InChI is InChI=1S/C18H21N5O/c1-14-13-15-5-2-3-6-16(15)23(14)18(24)22-11-9-21(10-12-22)17-19-7-4-8-20-17/h2-8,14H,9-13H2,1H3. The second-order valence-corrected chi connectivity index (χ2v) is 6.36. The maximum Gasteiger partial charge on any atom is 0.324 e.